The van der Waals surface area contributed by atoms with Crippen LogP contribution in [0.1, 0.15) is 5.56 Å². The summed E-state index contributed by atoms with van der Waals surface area (Å²) in [5, 5.41) is 91.3. The fourth-order valence-corrected chi connectivity index (χ4v) is 4.55. The highest BCUT2D eigenvalue weighted by atomic mass is 16.7. The van der Waals surface area contributed by atoms with E-state index in [-0.39, 0.29) is 39.5 Å². The van der Waals surface area contributed by atoms with Gasteiger partial charge in [-0.1, -0.05) is 12.1 Å². The molecule has 230 valence electrons. The lowest BCUT2D eigenvalue weighted by molar-refractivity contribution is -0.280. The number of aliphatic hydroxyl groups is 3. The second-order valence-electron chi connectivity index (χ2n) is 9.83. The molecule has 0 amide bonds. The van der Waals surface area contributed by atoms with Gasteiger partial charge in [-0.15, -0.1) is 0 Å². The van der Waals surface area contributed by atoms with Gasteiger partial charge in [-0.3, -0.25) is 0 Å². The van der Waals surface area contributed by atoms with Crippen LogP contribution in [0.4, 0.5) is 0 Å². The van der Waals surface area contributed by atoms with Crippen molar-refractivity contribution in [1.29, 1.82) is 0 Å². The van der Waals surface area contributed by atoms with Crippen molar-refractivity contribution in [2.24, 2.45) is 0 Å². The molecule has 0 saturated carbocycles. The quantitative estimate of drug-likeness (QED) is 0.0629. The van der Waals surface area contributed by atoms with E-state index in [0.717, 1.165) is 30.3 Å². The van der Waals surface area contributed by atoms with Crippen molar-refractivity contribution in [3.8, 4) is 51.6 Å². The predicted octanol–water partition coefficient (Wildman–Crippen LogP) is 2.06. The highest BCUT2D eigenvalue weighted by Crippen LogP contribution is 2.45. The summed E-state index contributed by atoms with van der Waals surface area (Å²) < 4.78 is 22.5. The average Bonchev–Trinajstić information content (AvgIpc) is 2.98. The van der Waals surface area contributed by atoms with Gasteiger partial charge in [0.25, 0.3) is 0 Å². The van der Waals surface area contributed by atoms with E-state index < -0.39 is 66.3 Å². The molecular weight excluding hydrogens is 584 g/mol. The molecular formula is C30H27O14+. The Morgan fingerprint density at radius 1 is 0.864 bits per heavy atom. The number of hydrogen-bond acceptors (Lipinski definition) is 13. The van der Waals surface area contributed by atoms with Crippen LogP contribution in [0.25, 0.3) is 28.4 Å². The summed E-state index contributed by atoms with van der Waals surface area (Å²) in [6, 6.07) is 11.3. The molecule has 1 aliphatic rings. The molecule has 1 fully saturated rings. The first-order valence-corrected chi connectivity index (χ1v) is 13.0. The van der Waals surface area contributed by atoms with E-state index in [1.807, 2.05) is 0 Å². The molecule has 4 aromatic rings. The Morgan fingerprint density at radius 3 is 2.20 bits per heavy atom. The van der Waals surface area contributed by atoms with Gasteiger partial charge in [0.1, 0.15) is 34.8 Å². The van der Waals surface area contributed by atoms with Crippen LogP contribution >= 0.6 is 0 Å². The average molecular weight is 612 g/mol. The van der Waals surface area contributed by atoms with Crippen LogP contribution in [0.2, 0.25) is 0 Å². The lowest BCUT2D eigenvalue weighted by Crippen LogP contribution is -2.61. The number of fused-ring (bicyclic) bond motifs is 1. The maximum absolute atomic E-state index is 12.6. The van der Waals surface area contributed by atoms with Crippen molar-refractivity contribution < 1.29 is 69.4 Å². The van der Waals surface area contributed by atoms with Crippen molar-refractivity contribution in [1.82, 2.24) is 0 Å². The van der Waals surface area contributed by atoms with E-state index >= 15 is 0 Å². The largest absolute Gasteiger partial charge is 0.508 e. The summed E-state index contributed by atoms with van der Waals surface area (Å²) in [5.41, 5.74) is 0.402. The van der Waals surface area contributed by atoms with Crippen LogP contribution in [0.15, 0.2) is 65.1 Å². The zero-order valence-corrected chi connectivity index (χ0v) is 22.5. The van der Waals surface area contributed by atoms with E-state index in [2.05, 4.69) is 0 Å². The van der Waals surface area contributed by atoms with Crippen LogP contribution in [0, 0.1) is 0 Å². The van der Waals surface area contributed by atoms with Crippen molar-refractivity contribution in [2.75, 3.05) is 6.61 Å². The Kier molecular flexibility index (Phi) is 8.33. The fourth-order valence-electron chi connectivity index (χ4n) is 4.55. The summed E-state index contributed by atoms with van der Waals surface area (Å²) in [5.74, 6) is -4.55. The second-order valence-corrected chi connectivity index (χ2v) is 9.83. The third-order valence-electron chi connectivity index (χ3n) is 6.77. The number of carbonyl (C=O) groups is 1. The SMILES string of the molecule is O=C(/C=C/c1ccc(O)cc1)O[C@@H]1[C@@H](O)[C@H](Oc2cc3c(O)cc(O)cc3[o+]c2-c2cc(O)c(O)c(O)c2)O[C@H](CO)[C@H]1O. The predicted molar refractivity (Wildman–Crippen MR) is 150 cm³/mol. The summed E-state index contributed by atoms with van der Waals surface area (Å²) in [6.07, 6.45) is -5.98. The summed E-state index contributed by atoms with van der Waals surface area (Å²) in [6.45, 7) is -0.778. The number of benzene rings is 3. The molecule has 44 heavy (non-hydrogen) atoms. The van der Waals surface area contributed by atoms with E-state index in [9.17, 15) is 50.8 Å². The first-order valence-electron chi connectivity index (χ1n) is 13.0. The Hall–Kier alpha value is -5.28. The molecule has 0 unspecified atom stereocenters. The van der Waals surface area contributed by atoms with Gasteiger partial charge < -0.3 is 60.2 Å². The number of ether oxygens (including phenoxy) is 3. The van der Waals surface area contributed by atoms with Crippen molar-refractivity contribution in [2.45, 2.75) is 30.7 Å². The number of esters is 1. The third kappa shape index (κ3) is 6.09. The van der Waals surface area contributed by atoms with Crippen LogP contribution in [-0.4, -0.2) is 89.2 Å². The molecule has 5 atom stereocenters. The highest BCUT2D eigenvalue weighted by molar-refractivity contribution is 5.89. The number of aromatic hydroxyl groups is 6. The first-order chi connectivity index (χ1) is 20.9. The fraction of sp³-hybridized carbons (Fsp3) is 0.200. The molecule has 0 aliphatic carbocycles. The van der Waals surface area contributed by atoms with E-state index in [1.165, 1.54) is 36.4 Å². The van der Waals surface area contributed by atoms with Gasteiger partial charge in [0.05, 0.1) is 18.2 Å². The number of hydrogen-bond donors (Lipinski definition) is 9. The Bertz CT molecular complexity index is 1690. The maximum Gasteiger partial charge on any atom is 0.402 e. The van der Waals surface area contributed by atoms with Gasteiger partial charge in [-0.2, -0.15) is 0 Å². The van der Waals surface area contributed by atoms with Gasteiger partial charge in [0.15, 0.2) is 29.5 Å². The Morgan fingerprint density at radius 2 is 1.55 bits per heavy atom. The van der Waals surface area contributed by atoms with Gasteiger partial charge in [0, 0.05) is 30.3 Å². The van der Waals surface area contributed by atoms with Gasteiger partial charge in [0.2, 0.25) is 12.0 Å². The number of phenols is 6. The first kappa shape index (κ1) is 30.2. The van der Waals surface area contributed by atoms with Gasteiger partial charge >= 0.3 is 17.3 Å². The molecule has 2 heterocycles. The topological polar surface area (TPSA) is 238 Å². The van der Waals surface area contributed by atoms with Crippen molar-refractivity contribution >= 4 is 23.0 Å². The number of phenolic OH excluding ortho intramolecular Hbond substituents is 6. The monoisotopic (exact) mass is 611 g/mol. The van der Waals surface area contributed by atoms with E-state index in [0.29, 0.717) is 5.56 Å². The molecule has 5 rings (SSSR count). The lowest BCUT2D eigenvalue weighted by Gasteiger charge is -2.40. The standard InChI is InChI=1S/C30H26O14/c31-12-23-26(39)29(44-24(37)6-3-13-1-4-15(32)5-2-13)27(40)30(43-23)42-22-11-17-18(34)9-16(33)10-21(17)41-28(22)14-7-19(35)25(38)20(36)8-14/h1-11,23,26-27,29-31,39-40H,12H2,(H5-,32,33,34,35,36,37,38)/p+1/t23-,26-,27-,29+,30-/m1/s1. The maximum atomic E-state index is 12.6. The van der Waals surface area contributed by atoms with Crippen LogP contribution < -0.4 is 4.74 Å². The van der Waals surface area contributed by atoms with Crippen LogP contribution in [0.3, 0.4) is 0 Å². The van der Waals surface area contributed by atoms with Crippen molar-refractivity contribution in [3.63, 3.8) is 0 Å². The molecule has 0 spiro atoms. The molecule has 9 N–H and O–H groups in total. The zero-order valence-electron chi connectivity index (χ0n) is 22.5. The number of aliphatic hydroxyl groups excluding tert-OH is 3. The molecule has 0 bridgehead atoms. The van der Waals surface area contributed by atoms with Crippen LogP contribution in [0.5, 0.6) is 40.2 Å². The normalized spacial score (nSPS) is 21.8. The minimum atomic E-state index is -1.86. The summed E-state index contributed by atoms with van der Waals surface area (Å²) >= 11 is 0. The summed E-state index contributed by atoms with van der Waals surface area (Å²) in [4.78, 5) is 12.6. The Labute approximate surface area is 247 Å². The molecule has 0 radical (unpaired) electrons. The third-order valence-corrected chi connectivity index (χ3v) is 6.77. The molecule has 14 nitrogen and oxygen atoms in total. The summed E-state index contributed by atoms with van der Waals surface area (Å²) in [7, 11) is 0. The Balaban J connectivity index is 1.49. The molecule has 3 aromatic carbocycles. The van der Waals surface area contributed by atoms with Gasteiger partial charge in [-0.25, -0.2) is 9.21 Å². The van der Waals surface area contributed by atoms with Crippen LogP contribution in [-0.2, 0) is 14.3 Å². The van der Waals surface area contributed by atoms with E-state index in [4.69, 9.17) is 18.6 Å². The second kappa shape index (κ2) is 12.1. The zero-order chi connectivity index (χ0) is 31.7. The van der Waals surface area contributed by atoms with E-state index in [1.54, 1.807) is 0 Å². The molecule has 1 aromatic heterocycles. The number of carbonyl (C=O) groups excluding carboxylic acids is 1. The molecule has 14 heteroatoms. The molecule has 1 saturated heterocycles. The minimum absolute atomic E-state index is 0.0140. The minimum Gasteiger partial charge on any atom is -0.508 e. The number of rotatable bonds is 7. The molecule has 1 aliphatic heterocycles. The van der Waals surface area contributed by atoms with Gasteiger partial charge in [-0.05, 0) is 23.8 Å². The highest BCUT2D eigenvalue weighted by Gasteiger charge is 2.48. The lowest BCUT2D eigenvalue weighted by atomic mass is 9.99. The smallest absolute Gasteiger partial charge is 0.402 e. The van der Waals surface area contributed by atoms with Crippen molar-refractivity contribution in [3.05, 3.63) is 66.2 Å².